The lowest BCUT2D eigenvalue weighted by atomic mass is 10.0. The number of benzene rings is 1. The van der Waals surface area contributed by atoms with E-state index >= 15 is 0 Å². The van der Waals surface area contributed by atoms with Crippen molar-refractivity contribution >= 4 is 16.8 Å². The van der Waals surface area contributed by atoms with E-state index in [1.54, 1.807) is 18.2 Å². The highest BCUT2D eigenvalue weighted by molar-refractivity contribution is 5.78. The summed E-state index contributed by atoms with van der Waals surface area (Å²) in [5.41, 5.74) is 0.488. The minimum atomic E-state index is -0.170. The lowest BCUT2D eigenvalue weighted by Crippen LogP contribution is -2.33. The normalized spacial score (nSPS) is 15.1. The van der Waals surface area contributed by atoms with Crippen LogP contribution in [0.1, 0.15) is 38.5 Å². The molecule has 1 aromatic carbocycles. The molecule has 3 rings (SSSR count). The van der Waals surface area contributed by atoms with E-state index in [2.05, 4.69) is 10.3 Å². The maximum absolute atomic E-state index is 12.3. The fourth-order valence-corrected chi connectivity index (χ4v) is 3.35. The lowest BCUT2D eigenvalue weighted by molar-refractivity contribution is -0.121. The number of carbonyl (C=O) groups excluding carboxylic acids is 1. The fraction of sp³-hybridized carbons (Fsp3) is 0.500. The number of amides is 1. The Morgan fingerprint density at radius 1 is 1.26 bits per heavy atom. The second-order valence-electron chi connectivity index (χ2n) is 6.34. The standard InChI is InChI=1S/C18H23N3O2/c22-17(19-11-5-8-14-6-1-2-7-14)12-21-13-20-16-10-4-3-9-15(16)18(21)23/h3-4,9-10,13-14H,1-2,5-8,11-12H2,(H,19,22). The summed E-state index contributed by atoms with van der Waals surface area (Å²) in [7, 11) is 0. The van der Waals surface area contributed by atoms with Crippen LogP contribution in [-0.2, 0) is 11.3 Å². The highest BCUT2D eigenvalue weighted by Crippen LogP contribution is 2.28. The Hall–Kier alpha value is -2.17. The minimum absolute atomic E-state index is 0.0279. The molecule has 5 nitrogen and oxygen atoms in total. The number of nitrogens with zero attached hydrogens (tertiary/aromatic N) is 2. The Balaban J connectivity index is 1.51. The van der Waals surface area contributed by atoms with E-state index in [0.717, 1.165) is 12.3 Å². The number of para-hydroxylation sites is 1. The van der Waals surface area contributed by atoms with E-state index in [1.165, 1.54) is 43.0 Å². The van der Waals surface area contributed by atoms with Crippen LogP contribution in [0.3, 0.4) is 0 Å². The van der Waals surface area contributed by atoms with Gasteiger partial charge < -0.3 is 5.32 Å². The van der Waals surface area contributed by atoms with E-state index in [0.29, 0.717) is 17.4 Å². The minimum Gasteiger partial charge on any atom is -0.355 e. The summed E-state index contributed by atoms with van der Waals surface area (Å²) in [4.78, 5) is 28.5. The van der Waals surface area contributed by atoms with Gasteiger partial charge in [0.2, 0.25) is 5.91 Å². The second kappa shape index (κ2) is 7.40. The van der Waals surface area contributed by atoms with Crippen LogP contribution in [0.15, 0.2) is 35.4 Å². The average Bonchev–Trinajstić information content (AvgIpc) is 3.08. The molecule has 2 aromatic rings. The Labute approximate surface area is 135 Å². The van der Waals surface area contributed by atoms with Crippen molar-refractivity contribution in [2.45, 2.75) is 45.1 Å². The molecule has 0 bridgehead atoms. The third kappa shape index (κ3) is 3.97. The Morgan fingerprint density at radius 3 is 2.87 bits per heavy atom. The number of aromatic nitrogens is 2. The summed E-state index contributed by atoms with van der Waals surface area (Å²) in [5, 5.41) is 3.45. The zero-order valence-corrected chi connectivity index (χ0v) is 13.3. The van der Waals surface area contributed by atoms with Gasteiger partial charge >= 0.3 is 0 Å². The summed E-state index contributed by atoms with van der Waals surface area (Å²) >= 11 is 0. The van der Waals surface area contributed by atoms with Crippen molar-refractivity contribution in [2.24, 2.45) is 5.92 Å². The van der Waals surface area contributed by atoms with Crippen LogP contribution in [0.25, 0.3) is 10.9 Å². The van der Waals surface area contributed by atoms with E-state index in [9.17, 15) is 9.59 Å². The Kier molecular flexibility index (Phi) is 5.05. The van der Waals surface area contributed by atoms with Gasteiger partial charge in [-0.25, -0.2) is 4.98 Å². The maximum atomic E-state index is 12.3. The quantitative estimate of drug-likeness (QED) is 0.833. The highest BCUT2D eigenvalue weighted by atomic mass is 16.2. The van der Waals surface area contributed by atoms with Crippen molar-refractivity contribution in [2.75, 3.05) is 6.54 Å². The molecule has 0 atom stereocenters. The average molecular weight is 313 g/mol. The summed E-state index contributed by atoms with van der Waals surface area (Å²) in [5.74, 6) is 0.717. The molecule has 1 aliphatic rings. The molecule has 0 spiro atoms. The summed E-state index contributed by atoms with van der Waals surface area (Å²) in [6.45, 7) is 0.713. The van der Waals surface area contributed by atoms with Gasteiger partial charge in [0, 0.05) is 6.54 Å². The molecule has 5 heteroatoms. The first-order valence-corrected chi connectivity index (χ1v) is 8.45. The smallest absolute Gasteiger partial charge is 0.261 e. The van der Waals surface area contributed by atoms with Crippen LogP contribution in [0.5, 0.6) is 0 Å². The molecule has 0 aliphatic heterocycles. The number of fused-ring (bicyclic) bond motifs is 1. The molecule has 0 radical (unpaired) electrons. The van der Waals surface area contributed by atoms with Gasteiger partial charge in [0.25, 0.3) is 5.56 Å². The van der Waals surface area contributed by atoms with Crippen LogP contribution in [-0.4, -0.2) is 22.0 Å². The third-order valence-electron chi connectivity index (χ3n) is 4.63. The zero-order chi connectivity index (χ0) is 16.1. The highest BCUT2D eigenvalue weighted by Gasteiger charge is 2.14. The predicted molar refractivity (Wildman–Crippen MR) is 90.2 cm³/mol. The summed E-state index contributed by atoms with van der Waals surface area (Å²) < 4.78 is 1.37. The molecule has 1 aliphatic carbocycles. The molecule has 0 saturated heterocycles. The van der Waals surface area contributed by atoms with E-state index < -0.39 is 0 Å². The summed E-state index contributed by atoms with van der Waals surface area (Å²) in [6, 6.07) is 7.18. The van der Waals surface area contributed by atoms with Gasteiger partial charge in [0.1, 0.15) is 6.54 Å². The van der Waals surface area contributed by atoms with Crippen molar-refractivity contribution in [3.8, 4) is 0 Å². The van der Waals surface area contributed by atoms with Gasteiger partial charge in [-0.3, -0.25) is 14.2 Å². The van der Waals surface area contributed by atoms with Crippen LogP contribution in [0.2, 0.25) is 0 Å². The SMILES string of the molecule is O=C(Cn1cnc2ccccc2c1=O)NCCCC1CCCC1. The first kappa shape index (κ1) is 15.7. The molecule has 1 N–H and O–H groups in total. The van der Waals surface area contributed by atoms with Gasteiger partial charge in [0.05, 0.1) is 17.2 Å². The fourth-order valence-electron chi connectivity index (χ4n) is 3.35. The molecular weight excluding hydrogens is 290 g/mol. The second-order valence-corrected chi connectivity index (χ2v) is 6.34. The van der Waals surface area contributed by atoms with E-state index in [-0.39, 0.29) is 18.0 Å². The van der Waals surface area contributed by atoms with Crippen LogP contribution >= 0.6 is 0 Å². The topological polar surface area (TPSA) is 64.0 Å². The predicted octanol–water partition coefficient (Wildman–Crippen LogP) is 2.48. The van der Waals surface area contributed by atoms with Crippen molar-refractivity contribution in [3.63, 3.8) is 0 Å². The molecular formula is C18H23N3O2. The van der Waals surface area contributed by atoms with Crippen LogP contribution in [0, 0.1) is 5.92 Å². The zero-order valence-electron chi connectivity index (χ0n) is 13.3. The van der Waals surface area contributed by atoms with Crippen LogP contribution in [0.4, 0.5) is 0 Å². The van der Waals surface area contributed by atoms with Crippen molar-refractivity contribution in [1.82, 2.24) is 14.9 Å². The summed E-state index contributed by atoms with van der Waals surface area (Å²) in [6.07, 6.45) is 9.05. The molecule has 1 fully saturated rings. The number of rotatable bonds is 6. The van der Waals surface area contributed by atoms with E-state index in [4.69, 9.17) is 0 Å². The molecule has 1 heterocycles. The largest absolute Gasteiger partial charge is 0.355 e. The van der Waals surface area contributed by atoms with Crippen molar-refractivity contribution < 1.29 is 4.79 Å². The first-order valence-electron chi connectivity index (χ1n) is 8.45. The van der Waals surface area contributed by atoms with Gasteiger partial charge in [-0.2, -0.15) is 0 Å². The number of hydrogen-bond acceptors (Lipinski definition) is 3. The van der Waals surface area contributed by atoms with E-state index in [1.807, 2.05) is 6.07 Å². The van der Waals surface area contributed by atoms with Gasteiger partial charge in [-0.05, 0) is 30.9 Å². The molecule has 1 saturated carbocycles. The first-order chi connectivity index (χ1) is 11.2. The molecule has 122 valence electrons. The third-order valence-corrected chi connectivity index (χ3v) is 4.63. The van der Waals surface area contributed by atoms with Crippen LogP contribution < -0.4 is 10.9 Å². The Bertz CT molecular complexity index is 732. The number of hydrogen-bond donors (Lipinski definition) is 1. The maximum Gasteiger partial charge on any atom is 0.261 e. The molecule has 23 heavy (non-hydrogen) atoms. The molecule has 1 amide bonds. The van der Waals surface area contributed by atoms with Crippen molar-refractivity contribution in [3.05, 3.63) is 40.9 Å². The number of carbonyl (C=O) groups is 1. The lowest BCUT2D eigenvalue weighted by Gasteiger charge is -2.10. The molecule has 0 unspecified atom stereocenters. The van der Waals surface area contributed by atoms with Gasteiger partial charge in [0.15, 0.2) is 0 Å². The van der Waals surface area contributed by atoms with Crippen molar-refractivity contribution in [1.29, 1.82) is 0 Å². The van der Waals surface area contributed by atoms with Gasteiger partial charge in [-0.15, -0.1) is 0 Å². The van der Waals surface area contributed by atoms with Gasteiger partial charge in [-0.1, -0.05) is 37.8 Å². The number of nitrogens with one attached hydrogen (secondary N) is 1. The monoisotopic (exact) mass is 313 g/mol. The molecule has 1 aromatic heterocycles. The Morgan fingerprint density at radius 2 is 2.04 bits per heavy atom.